The second-order valence-corrected chi connectivity index (χ2v) is 4.44. The van der Waals surface area contributed by atoms with Gasteiger partial charge in [-0.25, -0.2) is 9.78 Å². The van der Waals surface area contributed by atoms with Crippen molar-refractivity contribution in [3.05, 3.63) is 40.8 Å². The molecule has 0 bridgehead atoms. The highest BCUT2D eigenvalue weighted by molar-refractivity contribution is 6.29. The molecule has 0 radical (unpaired) electrons. The van der Waals surface area contributed by atoms with E-state index in [0.717, 1.165) is 5.56 Å². The van der Waals surface area contributed by atoms with E-state index in [4.69, 9.17) is 22.1 Å². The number of hydrogen-bond donors (Lipinski definition) is 3. The number of aromatic amines is 1. The van der Waals surface area contributed by atoms with Gasteiger partial charge in [0.05, 0.1) is 12.3 Å². The van der Waals surface area contributed by atoms with Crippen molar-refractivity contribution in [2.24, 2.45) is 0 Å². The van der Waals surface area contributed by atoms with E-state index in [9.17, 15) is 4.79 Å². The molecule has 0 amide bonds. The van der Waals surface area contributed by atoms with Crippen LogP contribution >= 0.6 is 11.6 Å². The molecule has 0 atom stereocenters. The van der Waals surface area contributed by atoms with Crippen LogP contribution in [0.1, 0.15) is 22.8 Å². The van der Waals surface area contributed by atoms with E-state index >= 15 is 0 Å². The highest BCUT2D eigenvalue weighted by atomic mass is 35.5. The number of nitrogens with one attached hydrogen (secondary N) is 2. The van der Waals surface area contributed by atoms with Crippen molar-refractivity contribution in [1.82, 2.24) is 9.97 Å². The summed E-state index contributed by atoms with van der Waals surface area (Å²) in [6.45, 7) is 2.52. The number of anilines is 2. The fourth-order valence-corrected chi connectivity index (χ4v) is 1.81. The second kappa shape index (κ2) is 6.29. The van der Waals surface area contributed by atoms with Gasteiger partial charge in [0, 0.05) is 18.9 Å². The maximum atomic E-state index is 11.8. The van der Waals surface area contributed by atoms with Crippen molar-refractivity contribution in [2.45, 2.75) is 13.5 Å². The summed E-state index contributed by atoms with van der Waals surface area (Å²) in [4.78, 5) is 18.7. The molecule has 0 aliphatic carbocycles. The van der Waals surface area contributed by atoms with Gasteiger partial charge in [-0.05, 0) is 18.6 Å². The van der Waals surface area contributed by atoms with Gasteiger partial charge in [-0.15, -0.1) is 0 Å². The van der Waals surface area contributed by atoms with Gasteiger partial charge < -0.3 is 20.8 Å². The molecule has 2 rings (SSSR count). The third kappa shape index (κ3) is 3.21. The number of hydrogen-bond acceptors (Lipinski definition) is 5. The lowest BCUT2D eigenvalue weighted by Crippen LogP contribution is -2.10. The van der Waals surface area contributed by atoms with Crippen LogP contribution in [0.2, 0.25) is 5.15 Å². The summed E-state index contributed by atoms with van der Waals surface area (Å²) in [6, 6.07) is 3.55. The maximum Gasteiger partial charge on any atom is 0.344 e. The predicted octanol–water partition coefficient (Wildman–Crippen LogP) is 2.43. The van der Waals surface area contributed by atoms with Crippen molar-refractivity contribution < 1.29 is 9.53 Å². The lowest BCUT2D eigenvalue weighted by Gasteiger charge is -2.08. The molecule has 6 nitrogen and oxygen atoms in total. The average Bonchev–Trinajstić information content (AvgIpc) is 2.79. The van der Waals surface area contributed by atoms with Crippen LogP contribution < -0.4 is 11.1 Å². The fourth-order valence-electron chi connectivity index (χ4n) is 1.70. The Hall–Kier alpha value is -2.21. The van der Waals surface area contributed by atoms with Gasteiger partial charge in [-0.2, -0.15) is 0 Å². The van der Waals surface area contributed by atoms with E-state index in [1.807, 2.05) is 6.07 Å². The Morgan fingerprint density at radius 1 is 1.55 bits per heavy atom. The molecule has 0 aliphatic rings. The molecule has 7 heteroatoms. The van der Waals surface area contributed by atoms with Crippen molar-refractivity contribution in [1.29, 1.82) is 0 Å². The van der Waals surface area contributed by atoms with Crippen LogP contribution in [0.5, 0.6) is 0 Å². The summed E-state index contributed by atoms with van der Waals surface area (Å²) >= 11 is 5.72. The monoisotopic (exact) mass is 294 g/mol. The van der Waals surface area contributed by atoms with E-state index in [-0.39, 0.29) is 0 Å². The summed E-state index contributed by atoms with van der Waals surface area (Å²) in [7, 11) is 0. The summed E-state index contributed by atoms with van der Waals surface area (Å²) in [5.74, 6) is 0.0684. The molecule has 106 valence electrons. The van der Waals surface area contributed by atoms with E-state index < -0.39 is 5.97 Å². The molecule has 0 saturated carbocycles. The topological polar surface area (TPSA) is 93.0 Å². The zero-order valence-electron chi connectivity index (χ0n) is 10.9. The van der Waals surface area contributed by atoms with Crippen LogP contribution in [0, 0.1) is 0 Å². The maximum absolute atomic E-state index is 11.8. The number of rotatable bonds is 5. The van der Waals surface area contributed by atoms with Gasteiger partial charge >= 0.3 is 5.97 Å². The number of ether oxygens (including phenoxy) is 1. The quantitative estimate of drug-likeness (QED) is 0.582. The second-order valence-electron chi connectivity index (χ2n) is 4.06. The minimum Gasteiger partial charge on any atom is -0.462 e. The first-order valence-corrected chi connectivity index (χ1v) is 6.48. The number of carbonyl (C=O) groups excluding carboxylic acids is 1. The molecule has 2 aromatic rings. The Bertz CT molecular complexity index is 595. The number of nitrogens with two attached hydrogens (primary N) is 1. The van der Waals surface area contributed by atoms with Gasteiger partial charge in [-0.1, -0.05) is 17.7 Å². The highest BCUT2D eigenvalue weighted by Gasteiger charge is 2.18. The standard InChI is InChI=1S/C13H15ClN4O2/c1-2-20-13(19)11-9(15)7-18-12(11)17-6-8-3-4-10(14)16-5-8/h3-5,7,17-18H,2,6,15H2,1H3. The van der Waals surface area contributed by atoms with E-state index in [2.05, 4.69) is 15.3 Å². The number of aromatic nitrogens is 2. The molecule has 0 aromatic carbocycles. The zero-order chi connectivity index (χ0) is 14.5. The molecule has 0 spiro atoms. The number of halogens is 1. The molecule has 0 saturated heterocycles. The molecule has 0 unspecified atom stereocenters. The lowest BCUT2D eigenvalue weighted by atomic mass is 10.2. The summed E-state index contributed by atoms with van der Waals surface area (Å²) in [5.41, 5.74) is 7.35. The van der Waals surface area contributed by atoms with Gasteiger partial charge in [0.15, 0.2) is 0 Å². The summed E-state index contributed by atoms with van der Waals surface area (Å²) in [5, 5.41) is 3.52. The lowest BCUT2D eigenvalue weighted by molar-refractivity contribution is 0.0529. The SMILES string of the molecule is CCOC(=O)c1c(N)c[nH]c1NCc1ccc(Cl)nc1. The normalized spacial score (nSPS) is 10.3. The number of carbonyl (C=O) groups is 1. The van der Waals surface area contributed by atoms with Gasteiger partial charge in [0.2, 0.25) is 0 Å². The number of nitrogen functional groups attached to an aromatic ring is 1. The minimum absolute atomic E-state index is 0.296. The molecule has 4 N–H and O–H groups in total. The Morgan fingerprint density at radius 2 is 2.35 bits per heavy atom. The number of nitrogens with zero attached hydrogens (tertiary/aromatic N) is 1. The first kappa shape index (κ1) is 14.2. The van der Waals surface area contributed by atoms with Crippen molar-refractivity contribution in [2.75, 3.05) is 17.7 Å². The van der Waals surface area contributed by atoms with Crippen molar-refractivity contribution >= 4 is 29.1 Å². The Kier molecular flexibility index (Phi) is 4.47. The number of pyridine rings is 1. The van der Waals surface area contributed by atoms with Crippen LogP contribution in [0.4, 0.5) is 11.5 Å². The Morgan fingerprint density at radius 3 is 3.00 bits per heavy atom. The van der Waals surface area contributed by atoms with Crippen LogP contribution in [-0.2, 0) is 11.3 Å². The third-order valence-electron chi connectivity index (χ3n) is 2.65. The van der Waals surface area contributed by atoms with E-state index in [1.54, 1.807) is 25.4 Å². The van der Waals surface area contributed by atoms with Crippen molar-refractivity contribution in [3.63, 3.8) is 0 Å². The Balaban J connectivity index is 2.10. The highest BCUT2D eigenvalue weighted by Crippen LogP contribution is 2.22. The molecule has 0 aliphatic heterocycles. The average molecular weight is 295 g/mol. The molecule has 2 heterocycles. The number of H-pyrrole nitrogens is 1. The van der Waals surface area contributed by atoms with Crippen molar-refractivity contribution in [3.8, 4) is 0 Å². The molecule has 0 fully saturated rings. The Labute approximate surface area is 121 Å². The number of esters is 1. The van der Waals surface area contributed by atoms with Crippen LogP contribution in [-0.4, -0.2) is 22.5 Å². The molecular formula is C13H15ClN4O2. The summed E-state index contributed by atoms with van der Waals surface area (Å²) < 4.78 is 4.97. The van der Waals surface area contributed by atoms with Gasteiger partial charge in [0.25, 0.3) is 0 Å². The molecule has 2 aromatic heterocycles. The van der Waals surface area contributed by atoms with E-state index in [0.29, 0.717) is 35.4 Å². The van der Waals surface area contributed by atoms with Crippen LogP contribution in [0.3, 0.4) is 0 Å². The predicted molar refractivity (Wildman–Crippen MR) is 77.7 cm³/mol. The fraction of sp³-hybridized carbons (Fsp3) is 0.231. The van der Waals surface area contributed by atoms with Gasteiger partial charge in [0.1, 0.15) is 16.5 Å². The largest absolute Gasteiger partial charge is 0.462 e. The first-order valence-electron chi connectivity index (χ1n) is 6.10. The molecule has 20 heavy (non-hydrogen) atoms. The third-order valence-corrected chi connectivity index (χ3v) is 2.87. The summed E-state index contributed by atoms with van der Waals surface area (Å²) in [6.07, 6.45) is 3.21. The zero-order valence-corrected chi connectivity index (χ0v) is 11.7. The van der Waals surface area contributed by atoms with E-state index in [1.165, 1.54) is 0 Å². The van der Waals surface area contributed by atoms with Crippen LogP contribution in [0.15, 0.2) is 24.5 Å². The smallest absolute Gasteiger partial charge is 0.344 e. The first-order chi connectivity index (χ1) is 9.61. The minimum atomic E-state index is -0.456. The van der Waals surface area contributed by atoms with Crippen LogP contribution in [0.25, 0.3) is 0 Å². The molecular weight excluding hydrogens is 280 g/mol. The van der Waals surface area contributed by atoms with Gasteiger partial charge in [-0.3, -0.25) is 0 Å².